The van der Waals surface area contributed by atoms with E-state index in [1.54, 1.807) is 0 Å². The van der Waals surface area contributed by atoms with Crippen LogP contribution in [0.25, 0.3) is 0 Å². The van der Waals surface area contributed by atoms with Crippen molar-refractivity contribution >= 4 is 0 Å². The standard InChI is InChI=1S/6CN.W/c6*1-2;. The van der Waals surface area contributed by atoms with E-state index in [0.717, 1.165) is 26.8 Å². The Kier molecular flexibility index (Phi) is 1.69. The normalized spacial score (nSPS) is 13.4. The molecule has 0 atom stereocenters. The van der Waals surface area contributed by atoms with E-state index in [2.05, 4.69) is 0 Å². The molecule has 7 heteroatoms. The van der Waals surface area contributed by atoms with Gasteiger partial charge in [0, 0.05) is 0 Å². The molecule has 0 aliphatic carbocycles. The van der Waals surface area contributed by atoms with Gasteiger partial charge in [-0.05, 0) is 0 Å². The van der Waals surface area contributed by atoms with Crippen molar-refractivity contribution in [1.82, 2.24) is 0 Å². The molecular weight excluding hydrogens is 340 g/mol. The second-order valence-corrected chi connectivity index (χ2v) is 17.0. The number of rotatable bonds is 0. The Bertz CT molecular complexity index is 387. The van der Waals surface area contributed by atoms with Gasteiger partial charge in [-0.1, -0.05) is 0 Å². The van der Waals surface area contributed by atoms with Gasteiger partial charge in [-0.2, -0.15) is 0 Å². The Morgan fingerprint density at radius 2 is 0.615 bits per heavy atom. The summed E-state index contributed by atoms with van der Waals surface area (Å²) >= 11 is -6.87. The van der Waals surface area contributed by atoms with Crippen LogP contribution < -0.4 is 0 Å². The maximum absolute atomic E-state index is 8.60. The fourth-order valence-electron chi connectivity index (χ4n) is 0.306. The molecule has 0 saturated carbocycles. The molecule has 13 heavy (non-hydrogen) atoms. The summed E-state index contributed by atoms with van der Waals surface area (Å²) in [5.74, 6) is 0. The van der Waals surface area contributed by atoms with Gasteiger partial charge in [-0.15, -0.1) is 0 Å². The van der Waals surface area contributed by atoms with Crippen LogP contribution in [0.2, 0.25) is 0 Å². The quantitative estimate of drug-likeness (QED) is 0.612. The van der Waals surface area contributed by atoms with Crippen molar-refractivity contribution in [3.05, 3.63) is 0 Å². The van der Waals surface area contributed by atoms with Gasteiger partial charge in [-0.3, -0.25) is 0 Å². The van der Waals surface area contributed by atoms with Gasteiger partial charge in [0.05, 0.1) is 0 Å². The SMILES string of the molecule is N#[C][W]([C]#N)([C]#N)([C]#N)([C]#N)[C]#N. The molecule has 0 aromatic heterocycles. The number of hydrogen-bond acceptors (Lipinski definition) is 6. The number of nitriles is 6. The summed E-state index contributed by atoms with van der Waals surface area (Å²) in [5.41, 5.74) is 0. The third-order valence-electron chi connectivity index (χ3n) is 1.37. The van der Waals surface area contributed by atoms with Gasteiger partial charge in [0.2, 0.25) is 0 Å². The van der Waals surface area contributed by atoms with Crippen LogP contribution in [0.15, 0.2) is 0 Å². The van der Waals surface area contributed by atoms with E-state index in [4.69, 9.17) is 31.6 Å². The molecule has 0 aromatic carbocycles. The van der Waals surface area contributed by atoms with E-state index < -0.39 is 13.6 Å². The topological polar surface area (TPSA) is 143 Å². The zero-order valence-electron chi connectivity index (χ0n) is 6.09. The van der Waals surface area contributed by atoms with Crippen LogP contribution in [-0.2, 0) is 13.6 Å². The molecule has 6 nitrogen and oxygen atoms in total. The third kappa shape index (κ3) is 0.734. The van der Waals surface area contributed by atoms with E-state index in [1.165, 1.54) is 0 Å². The van der Waals surface area contributed by atoms with E-state index in [9.17, 15) is 0 Å². The molecule has 0 spiro atoms. The molecule has 0 heterocycles. The second-order valence-electron chi connectivity index (χ2n) is 2.08. The van der Waals surface area contributed by atoms with Crippen LogP contribution >= 0.6 is 0 Å². The van der Waals surface area contributed by atoms with Crippen molar-refractivity contribution in [3.8, 4) is 26.8 Å². The Hall–Kier alpha value is -2.37. The minimum absolute atomic E-state index is 1.09. The molecule has 0 amide bonds. The van der Waals surface area contributed by atoms with E-state index in [-0.39, 0.29) is 0 Å². The monoisotopic (exact) mass is 340 g/mol. The van der Waals surface area contributed by atoms with Gasteiger partial charge in [0.25, 0.3) is 0 Å². The first-order valence-electron chi connectivity index (χ1n) is 2.57. The molecule has 60 valence electrons. The molecule has 0 saturated heterocycles. The Balaban J connectivity index is 6.92. The molecule has 0 bridgehead atoms. The molecule has 0 unspecified atom stereocenters. The number of nitrogens with zero attached hydrogens (tertiary/aromatic N) is 6. The van der Waals surface area contributed by atoms with E-state index in [1.807, 2.05) is 0 Å². The summed E-state index contributed by atoms with van der Waals surface area (Å²) in [5, 5.41) is 51.6. The summed E-state index contributed by atoms with van der Waals surface area (Å²) < 4.78 is 6.52. The molecule has 0 aliphatic rings. The second kappa shape index (κ2) is 2.07. The first-order valence-corrected chi connectivity index (χ1v) is 11.4. The number of hydrogen-bond donors (Lipinski definition) is 0. The average Bonchev–Trinajstić information content (AvgIpc) is 2.26. The fourth-order valence-corrected chi connectivity index (χ4v) is 2.51. The summed E-state index contributed by atoms with van der Waals surface area (Å²) in [6.07, 6.45) is 0. The predicted octanol–water partition coefficient (Wildman–Crippen LogP) is 0.0982. The first-order chi connectivity index (χ1) is 5.97. The zero-order chi connectivity index (χ0) is 10.7. The Morgan fingerprint density at radius 1 is 0.462 bits per heavy atom. The van der Waals surface area contributed by atoms with Crippen molar-refractivity contribution in [2.24, 2.45) is 0 Å². The Morgan fingerprint density at radius 3 is 0.615 bits per heavy atom. The summed E-state index contributed by atoms with van der Waals surface area (Å²) in [4.78, 5) is 0. The van der Waals surface area contributed by atoms with Gasteiger partial charge in [0.1, 0.15) is 0 Å². The fraction of sp³-hybridized carbons (Fsp3) is 0. The van der Waals surface area contributed by atoms with Crippen LogP contribution in [0, 0.1) is 58.3 Å². The molecule has 0 radical (unpaired) electrons. The van der Waals surface area contributed by atoms with Crippen molar-refractivity contribution < 1.29 is 13.6 Å². The molecule has 0 rings (SSSR count). The van der Waals surface area contributed by atoms with E-state index in [0.29, 0.717) is 0 Å². The van der Waals surface area contributed by atoms with Crippen molar-refractivity contribution in [3.63, 3.8) is 0 Å². The zero-order valence-corrected chi connectivity index (χ0v) is 9.02. The van der Waals surface area contributed by atoms with Crippen molar-refractivity contribution in [1.29, 1.82) is 31.6 Å². The predicted molar refractivity (Wildman–Crippen MR) is 33.7 cm³/mol. The van der Waals surface area contributed by atoms with Gasteiger partial charge < -0.3 is 0 Å². The van der Waals surface area contributed by atoms with Gasteiger partial charge in [0.15, 0.2) is 0 Å². The minimum atomic E-state index is -6.87. The molecular formula is C6N6W. The first kappa shape index (κ1) is 10.6. The van der Waals surface area contributed by atoms with Crippen LogP contribution in [0.4, 0.5) is 0 Å². The van der Waals surface area contributed by atoms with Crippen LogP contribution in [0.5, 0.6) is 0 Å². The van der Waals surface area contributed by atoms with Crippen molar-refractivity contribution in [2.75, 3.05) is 0 Å². The summed E-state index contributed by atoms with van der Waals surface area (Å²) in [7, 11) is 0. The maximum atomic E-state index is 8.60. The van der Waals surface area contributed by atoms with Gasteiger partial charge >= 0.3 is 71.9 Å². The van der Waals surface area contributed by atoms with E-state index >= 15 is 0 Å². The summed E-state index contributed by atoms with van der Waals surface area (Å²) in [6, 6.07) is 0. The summed E-state index contributed by atoms with van der Waals surface area (Å²) in [6.45, 7) is 0. The van der Waals surface area contributed by atoms with Crippen LogP contribution in [0.3, 0.4) is 0 Å². The molecule has 0 fully saturated rings. The molecule has 0 N–H and O–H groups in total. The average molecular weight is 340 g/mol. The van der Waals surface area contributed by atoms with Gasteiger partial charge in [-0.25, -0.2) is 0 Å². The third-order valence-corrected chi connectivity index (χ3v) is 11.2. The molecule has 0 aromatic rings. The molecule has 0 aliphatic heterocycles. The van der Waals surface area contributed by atoms with Crippen molar-refractivity contribution in [2.45, 2.75) is 0 Å². The van der Waals surface area contributed by atoms with Crippen LogP contribution in [0.1, 0.15) is 0 Å². The Labute approximate surface area is 72.1 Å². The van der Waals surface area contributed by atoms with Crippen LogP contribution in [-0.4, -0.2) is 0 Å².